The number of para-hydroxylation sites is 6. The van der Waals surface area contributed by atoms with Gasteiger partial charge >= 0.3 is 19.5 Å². The normalized spacial score (nSPS) is 10.2. The van der Waals surface area contributed by atoms with Crippen LogP contribution in [0.2, 0.25) is 0 Å². The first-order valence-electron chi connectivity index (χ1n) is 16.0. The predicted octanol–water partition coefficient (Wildman–Crippen LogP) is 3.94. The quantitative estimate of drug-likeness (QED) is 0.138. The summed E-state index contributed by atoms with van der Waals surface area (Å²) in [5, 5.41) is 6.80. The second-order valence-electron chi connectivity index (χ2n) is 10.7. The molecule has 0 fully saturated rings. The molecule has 0 heterocycles. The monoisotopic (exact) mass is 841 g/mol. The summed E-state index contributed by atoms with van der Waals surface area (Å²) in [6, 6.07) is 48.8. The van der Waals surface area contributed by atoms with Gasteiger partial charge in [0, 0.05) is 31.8 Å². The van der Waals surface area contributed by atoms with Gasteiger partial charge in [-0.1, -0.05) is 109 Å². The Bertz CT molecular complexity index is 1630. The number of ether oxygens (including phenoxy) is 6. The van der Waals surface area contributed by atoms with E-state index in [1.54, 1.807) is 42.7 Å². The Morgan fingerprint density at radius 2 is 0.404 bits per heavy atom. The van der Waals surface area contributed by atoms with Crippen LogP contribution in [0.4, 0.5) is 0 Å². The van der Waals surface area contributed by atoms with Crippen LogP contribution in [-0.4, -0.2) is 42.7 Å². The van der Waals surface area contributed by atoms with Crippen LogP contribution in [0.25, 0.3) is 0 Å². The number of rotatable bonds is 12. The third-order valence-electron chi connectivity index (χ3n) is 7.96. The first-order valence-corrected chi connectivity index (χ1v) is 18.7. The molecule has 0 bridgehead atoms. The zero-order valence-electron chi connectivity index (χ0n) is 29.9. The first-order chi connectivity index (χ1) is 24.6. The molecule has 10 heteroatoms. The molecule has 0 saturated heterocycles. The Hall–Kier alpha value is -4.11. The van der Waals surface area contributed by atoms with Crippen molar-refractivity contribution in [2.45, 2.75) is 0 Å². The van der Waals surface area contributed by atoms with Crippen molar-refractivity contribution in [2.24, 2.45) is 0 Å². The molecule has 0 aliphatic carbocycles. The standard InChI is InChI=1S/2C21H21O3P.ClH.Ru/c2*1-22-16-10-4-7-13-19(16)25(20-14-8-5-11-17(20)23-2)21-15-9-6-12-18(21)24-3;;/h2*4-15H,1-3H3;1H;/q;;;+3/p-1. The van der Waals surface area contributed by atoms with Crippen LogP contribution in [0, 0.1) is 0 Å². The molecule has 0 unspecified atom stereocenters. The average Bonchev–Trinajstić information content (AvgIpc) is 3.19. The second-order valence-corrected chi connectivity index (χ2v) is 14.9. The van der Waals surface area contributed by atoms with E-state index in [1.807, 2.05) is 109 Å². The third kappa shape index (κ3) is 9.65. The van der Waals surface area contributed by atoms with Crippen molar-refractivity contribution in [3.8, 4) is 34.5 Å². The molecule has 6 aromatic rings. The minimum Gasteiger partial charge on any atom is -1.00 e. The minimum absolute atomic E-state index is 0. The van der Waals surface area contributed by atoms with Gasteiger partial charge in [0.25, 0.3) is 0 Å². The van der Waals surface area contributed by atoms with Gasteiger partial charge in [0.15, 0.2) is 0 Å². The van der Waals surface area contributed by atoms with E-state index in [2.05, 4.69) is 36.4 Å². The summed E-state index contributed by atoms with van der Waals surface area (Å²) < 4.78 is 33.9. The number of halogens is 1. The molecule has 269 valence electrons. The third-order valence-corrected chi connectivity index (χ3v) is 13.1. The van der Waals surface area contributed by atoms with Crippen molar-refractivity contribution in [2.75, 3.05) is 42.7 Å². The van der Waals surface area contributed by atoms with Crippen molar-refractivity contribution < 1.29 is 60.3 Å². The van der Waals surface area contributed by atoms with Crippen LogP contribution in [0.3, 0.4) is 0 Å². The number of hydrogen-bond donors (Lipinski definition) is 0. The van der Waals surface area contributed by atoms with Crippen molar-refractivity contribution in [1.29, 1.82) is 0 Å². The van der Waals surface area contributed by atoms with Crippen LogP contribution >= 0.6 is 15.8 Å². The van der Waals surface area contributed by atoms with Gasteiger partial charge in [-0.2, -0.15) is 0 Å². The Morgan fingerprint density at radius 3 is 0.538 bits per heavy atom. The summed E-state index contributed by atoms with van der Waals surface area (Å²) in [6.07, 6.45) is 0. The summed E-state index contributed by atoms with van der Waals surface area (Å²) in [6.45, 7) is 0. The molecule has 0 saturated carbocycles. The molecular formula is C42H42ClO6P2Ru+2. The SMILES string of the molecule is COc1ccccc1P(c1ccccc1OC)c1ccccc1OC.COc1ccccc1P(c1ccccc1OC)c1ccccc1OC.[Cl-].[Ru+3]. The molecule has 6 rings (SSSR count). The zero-order valence-corrected chi connectivity index (χ0v) is 34.2. The van der Waals surface area contributed by atoms with E-state index in [4.69, 9.17) is 28.4 Å². The van der Waals surface area contributed by atoms with Crippen molar-refractivity contribution in [1.82, 2.24) is 0 Å². The van der Waals surface area contributed by atoms with E-state index in [-0.39, 0.29) is 31.9 Å². The summed E-state index contributed by atoms with van der Waals surface area (Å²) in [7, 11) is 8.43. The van der Waals surface area contributed by atoms with Gasteiger partial charge < -0.3 is 40.8 Å². The summed E-state index contributed by atoms with van der Waals surface area (Å²) >= 11 is 0. The second kappa shape index (κ2) is 21.4. The van der Waals surface area contributed by atoms with Crippen LogP contribution in [0.5, 0.6) is 34.5 Å². The Labute approximate surface area is 329 Å². The molecular weight excluding hydrogens is 799 g/mol. The van der Waals surface area contributed by atoms with Gasteiger partial charge in [0.2, 0.25) is 0 Å². The molecule has 0 aliphatic heterocycles. The largest absolute Gasteiger partial charge is 3.00 e. The zero-order chi connectivity index (χ0) is 35.3. The maximum absolute atomic E-state index is 5.65. The van der Waals surface area contributed by atoms with E-state index in [0.29, 0.717) is 0 Å². The predicted molar refractivity (Wildman–Crippen MR) is 210 cm³/mol. The summed E-state index contributed by atoms with van der Waals surface area (Å²) in [5.74, 6) is 5.20. The number of hydrogen-bond acceptors (Lipinski definition) is 6. The Kier molecular flexibility index (Phi) is 17.4. The fraction of sp³-hybridized carbons (Fsp3) is 0.143. The van der Waals surface area contributed by atoms with Crippen LogP contribution in [-0.2, 0) is 19.5 Å². The summed E-state index contributed by atoms with van der Waals surface area (Å²) in [4.78, 5) is 0. The molecule has 0 aliphatic rings. The smallest absolute Gasteiger partial charge is 1.00 e. The van der Waals surface area contributed by atoms with Crippen LogP contribution in [0.1, 0.15) is 0 Å². The molecule has 0 atom stereocenters. The topological polar surface area (TPSA) is 55.4 Å². The van der Waals surface area contributed by atoms with Gasteiger partial charge in [0.1, 0.15) is 34.5 Å². The molecule has 6 nitrogen and oxygen atoms in total. The molecule has 0 aromatic heterocycles. The molecule has 0 N–H and O–H groups in total. The average molecular weight is 841 g/mol. The van der Waals surface area contributed by atoms with Crippen LogP contribution < -0.4 is 72.7 Å². The number of methoxy groups -OCH3 is 6. The maximum atomic E-state index is 5.65. The molecule has 0 spiro atoms. The van der Waals surface area contributed by atoms with Gasteiger partial charge in [0.05, 0.1) is 42.7 Å². The van der Waals surface area contributed by atoms with Crippen molar-refractivity contribution >= 4 is 47.7 Å². The van der Waals surface area contributed by atoms with Gasteiger partial charge in [-0.05, 0) is 52.2 Å². The first kappa shape index (κ1) is 42.3. The fourth-order valence-corrected chi connectivity index (χ4v) is 11.0. The van der Waals surface area contributed by atoms with E-state index in [1.165, 1.54) is 0 Å². The molecule has 6 aromatic carbocycles. The van der Waals surface area contributed by atoms with E-state index >= 15 is 0 Å². The van der Waals surface area contributed by atoms with E-state index in [9.17, 15) is 0 Å². The Morgan fingerprint density at radius 1 is 0.269 bits per heavy atom. The molecule has 0 amide bonds. The summed E-state index contributed by atoms with van der Waals surface area (Å²) in [5.41, 5.74) is 0. The Balaban J connectivity index is 0.000000270. The fourth-order valence-electron chi connectivity index (χ4n) is 5.67. The van der Waals surface area contributed by atoms with E-state index < -0.39 is 15.8 Å². The minimum atomic E-state index is -0.901. The van der Waals surface area contributed by atoms with Gasteiger partial charge in [-0.3, -0.25) is 0 Å². The number of benzene rings is 6. The van der Waals surface area contributed by atoms with Gasteiger partial charge in [-0.15, -0.1) is 0 Å². The van der Waals surface area contributed by atoms with Gasteiger partial charge in [-0.25, -0.2) is 0 Å². The maximum Gasteiger partial charge on any atom is 3.00 e. The van der Waals surface area contributed by atoms with E-state index in [0.717, 1.165) is 66.3 Å². The van der Waals surface area contributed by atoms with Crippen molar-refractivity contribution in [3.05, 3.63) is 146 Å². The van der Waals surface area contributed by atoms with Crippen LogP contribution in [0.15, 0.2) is 146 Å². The molecule has 1 radical (unpaired) electrons. The van der Waals surface area contributed by atoms with Crippen molar-refractivity contribution in [3.63, 3.8) is 0 Å². The molecule has 52 heavy (non-hydrogen) atoms.